The van der Waals surface area contributed by atoms with Gasteiger partial charge in [-0.05, 0) is 20.8 Å². The van der Waals surface area contributed by atoms with Gasteiger partial charge in [-0.25, -0.2) is 15.8 Å². The Morgan fingerprint density at radius 1 is 1.38 bits per heavy atom. The van der Waals surface area contributed by atoms with Gasteiger partial charge in [0, 0.05) is 24.6 Å². The molecule has 1 amide bonds. The molecule has 0 spiro atoms. The first-order valence-electron chi connectivity index (χ1n) is 7.20. The van der Waals surface area contributed by atoms with E-state index in [9.17, 15) is 4.79 Å². The van der Waals surface area contributed by atoms with E-state index in [-0.39, 0.29) is 11.8 Å². The van der Waals surface area contributed by atoms with Crippen molar-refractivity contribution in [3.63, 3.8) is 0 Å². The Hall–Kier alpha value is -1.89. The second kappa shape index (κ2) is 5.48. The van der Waals surface area contributed by atoms with Crippen molar-refractivity contribution in [2.45, 2.75) is 46.1 Å². The molecule has 2 rings (SSSR count). The molecule has 4 N–H and O–H groups in total. The summed E-state index contributed by atoms with van der Waals surface area (Å²) in [5.74, 6) is 7.83. The third kappa shape index (κ3) is 2.65. The van der Waals surface area contributed by atoms with E-state index < -0.39 is 5.54 Å². The minimum absolute atomic E-state index is 0.000108. The second-order valence-electron chi connectivity index (χ2n) is 6.14. The fraction of sp³-hybridized carbons (Fsp3) is 0.643. The topological polar surface area (TPSA) is 96.2 Å². The molecule has 1 aromatic heterocycles. The molecule has 0 bridgehead atoms. The lowest BCUT2D eigenvalue weighted by atomic mass is 9.98. The lowest BCUT2D eigenvalue weighted by molar-refractivity contribution is -0.126. The van der Waals surface area contributed by atoms with Crippen molar-refractivity contribution < 1.29 is 4.79 Å². The summed E-state index contributed by atoms with van der Waals surface area (Å²) in [6, 6.07) is 0. The molecule has 0 saturated carbocycles. The third-order valence-electron chi connectivity index (χ3n) is 3.90. The summed E-state index contributed by atoms with van der Waals surface area (Å²) in [5, 5.41) is 2.89. The average Bonchev–Trinajstić information content (AvgIpc) is 2.42. The molecule has 1 aliphatic heterocycles. The summed E-state index contributed by atoms with van der Waals surface area (Å²) < 4.78 is 0. The molecule has 1 fully saturated rings. The van der Waals surface area contributed by atoms with Gasteiger partial charge in [-0.3, -0.25) is 4.79 Å². The van der Waals surface area contributed by atoms with E-state index in [0.29, 0.717) is 24.7 Å². The van der Waals surface area contributed by atoms with Gasteiger partial charge in [0.25, 0.3) is 0 Å². The van der Waals surface area contributed by atoms with Gasteiger partial charge in [0.2, 0.25) is 5.91 Å². The van der Waals surface area contributed by atoms with Crippen LogP contribution in [-0.4, -0.2) is 34.5 Å². The molecule has 2 heterocycles. The van der Waals surface area contributed by atoms with Crippen molar-refractivity contribution in [2.75, 3.05) is 23.4 Å². The first-order chi connectivity index (χ1) is 9.78. The van der Waals surface area contributed by atoms with Crippen LogP contribution in [0, 0.1) is 6.92 Å². The molecule has 0 aromatic carbocycles. The largest absolute Gasteiger partial charge is 0.352 e. The molecule has 7 heteroatoms. The third-order valence-corrected chi connectivity index (χ3v) is 3.90. The number of nitrogens with zero attached hydrogens (tertiary/aromatic N) is 3. The molecule has 0 unspecified atom stereocenters. The quantitative estimate of drug-likeness (QED) is 0.566. The Morgan fingerprint density at radius 2 is 2.05 bits per heavy atom. The molecule has 0 radical (unpaired) electrons. The number of nitrogens with two attached hydrogens (primary N) is 1. The minimum atomic E-state index is -0.655. The zero-order valence-corrected chi connectivity index (χ0v) is 13.3. The van der Waals surface area contributed by atoms with Crippen LogP contribution < -0.4 is 21.5 Å². The summed E-state index contributed by atoms with van der Waals surface area (Å²) in [4.78, 5) is 23.3. The number of carbonyl (C=O) groups excluding carboxylic acids is 1. The summed E-state index contributed by atoms with van der Waals surface area (Å²) in [6.45, 7) is 11.1. The fourth-order valence-electron chi connectivity index (χ4n) is 2.45. The lowest BCUT2D eigenvalue weighted by Crippen LogP contribution is -2.62. The molecule has 7 nitrogen and oxygen atoms in total. The highest BCUT2D eigenvalue weighted by Gasteiger charge is 2.39. The van der Waals surface area contributed by atoms with Gasteiger partial charge in [0.1, 0.15) is 23.0 Å². The van der Waals surface area contributed by atoms with Crippen LogP contribution in [0.1, 0.15) is 45.0 Å². The number of aromatic nitrogens is 2. The monoisotopic (exact) mass is 292 g/mol. The molecule has 0 aliphatic carbocycles. The maximum absolute atomic E-state index is 12.1. The number of carbonyl (C=O) groups is 1. The second-order valence-corrected chi connectivity index (χ2v) is 6.14. The summed E-state index contributed by atoms with van der Waals surface area (Å²) >= 11 is 0. The van der Waals surface area contributed by atoms with Gasteiger partial charge in [-0.2, -0.15) is 0 Å². The predicted molar refractivity (Wildman–Crippen MR) is 83.1 cm³/mol. The number of nitrogens with one attached hydrogen (secondary N) is 2. The molecule has 1 saturated heterocycles. The van der Waals surface area contributed by atoms with Crippen molar-refractivity contribution in [3.8, 4) is 0 Å². The summed E-state index contributed by atoms with van der Waals surface area (Å²) in [5.41, 5.74) is 2.83. The molecule has 1 aliphatic rings. The first kappa shape index (κ1) is 15.5. The van der Waals surface area contributed by atoms with Gasteiger partial charge in [-0.1, -0.05) is 13.8 Å². The Balaban J connectivity index is 2.56. The number of hydrogen-bond acceptors (Lipinski definition) is 6. The summed E-state index contributed by atoms with van der Waals surface area (Å²) in [7, 11) is 0. The van der Waals surface area contributed by atoms with E-state index in [4.69, 9.17) is 5.84 Å². The highest BCUT2D eigenvalue weighted by Crippen LogP contribution is 2.31. The molecule has 116 valence electrons. The molecule has 0 atom stereocenters. The van der Waals surface area contributed by atoms with Crippen LogP contribution in [0.15, 0.2) is 0 Å². The van der Waals surface area contributed by atoms with Crippen LogP contribution in [0.5, 0.6) is 0 Å². The highest BCUT2D eigenvalue weighted by molar-refractivity contribution is 5.90. The Morgan fingerprint density at radius 3 is 2.62 bits per heavy atom. The Labute approximate surface area is 125 Å². The predicted octanol–water partition coefficient (Wildman–Crippen LogP) is 0.909. The maximum atomic E-state index is 12.1. The standard InChI is InChI=1S/C14H24N6O/c1-8(2)10-17-11(19-15)9(3)12(18-10)20-7-6-16-13(21)14(20,4)5/h8H,6-7,15H2,1-5H3,(H,16,21)(H,17,18,19). The van der Waals surface area contributed by atoms with Crippen LogP contribution in [0.3, 0.4) is 0 Å². The van der Waals surface area contributed by atoms with Crippen LogP contribution in [0.25, 0.3) is 0 Å². The smallest absolute Gasteiger partial charge is 0.245 e. The SMILES string of the molecule is Cc1c(NN)nc(C(C)C)nc1N1CCNC(=O)C1(C)C. The van der Waals surface area contributed by atoms with Crippen molar-refractivity contribution in [2.24, 2.45) is 5.84 Å². The fourth-order valence-corrected chi connectivity index (χ4v) is 2.45. The number of rotatable bonds is 3. The number of hydrazine groups is 1. The number of piperazine rings is 1. The highest BCUT2D eigenvalue weighted by atomic mass is 16.2. The van der Waals surface area contributed by atoms with E-state index in [1.165, 1.54) is 0 Å². The Bertz CT molecular complexity index is 555. The van der Waals surface area contributed by atoms with Crippen molar-refractivity contribution >= 4 is 17.5 Å². The van der Waals surface area contributed by atoms with Gasteiger partial charge in [-0.15, -0.1) is 0 Å². The zero-order chi connectivity index (χ0) is 15.8. The first-order valence-corrected chi connectivity index (χ1v) is 7.20. The van der Waals surface area contributed by atoms with Crippen LogP contribution in [0.2, 0.25) is 0 Å². The van der Waals surface area contributed by atoms with Crippen LogP contribution in [0.4, 0.5) is 11.6 Å². The molecular weight excluding hydrogens is 268 g/mol. The van der Waals surface area contributed by atoms with Crippen molar-refractivity contribution in [1.29, 1.82) is 0 Å². The van der Waals surface area contributed by atoms with Crippen molar-refractivity contribution in [3.05, 3.63) is 11.4 Å². The Kier molecular flexibility index (Phi) is 4.04. The van der Waals surface area contributed by atoms with Gasteiger partial charge in [0.15, 0.2) is 0 Å². The van der Waals surface area contributed by atoms with Gasteiger partial charge < -0.3 is 15.6 Å². The van der Waals surface area contributed by atoms with E-state index in [0.717, 1.165) is 11.4 Å². The van der Waals surface area contributed by atoms with Gasteiger partial charge in [0.05, 0.1) is 0 Å². The zero-order valence-electron chi connectivity index (χ0n) is 13.3. The molecule has 1 aromatic rings. The van der Waals surface area contributed by atoms with Crippen LogP contribution >= 0.6 is 0 Å². The van der Waals surface area contributed by atoms with Crippen molar-refractivity contribution in [1.82, 2.24) is 15.3 Å². The number of amides is 1. The number of anilines is 2. The summed E-state index contributed by atoms with van der Waals surface area (Å²) in [6.07, 6.45) is 0. The van der Waals surface area contributed by atoms with E-state index in [2.05, 4.69) is 20.7 Å². The maximum Gasteiger partial charge on any atom is 0.245 e. The molecular formula is C14H24N6O. The normalized spacial score (nSPS) is 17.9. The number of hydrogen-bond donors (Lipinski definition) is 3. The van der Waals surface area contributed by atoms with E-state index in [1.54, 1.807) is 0 Å². The molecule has 21 heavy (non-hydrogen) atoms. The average molecular weight is 292 g/mol. The minimum Gasteiger partial charge on any atom is -0.352 e. The van der Waals surface area contributed by atoms with E-state index in [1.807, 2.05) is 39.5 Å². The number of nitrogen functional groups attached to an aromatic ring is 1. The van der Waals surface area contributed by atoms with E-state index >= 15 is 0 Å². The van der Waals surface area contributed by atoms with Gasteiger partial charge >= 0.3 is 0 Å². The van der Waals surface area contributed by atoms with Crippen LogP contribution in [-0.2, 0) is 4.79 Å². The lowest BCUT2D eigenvalue weighted by Gasteiger charge is -2.42.